The van der Waals surface area contributed by atoms with E-state index in [1.165, 1.54) is 12.1 Å². The molecule has 1 heterocycles. The predicted octanol–water partition coefficient (Wildman–Crippen LogP) is 3.12. The Bertz CT molecular complexity index is 803. The van der Waals surface area contributed by atoms with E-state index < -0.39 is 4.92 Å². The number of allylic oxidation sites excluding steroid dienone is 1. The van der Waals surface area contributed by atoms with E-state index in [4.69, 9.17) is 10.5 Å². The molecular weight excluding hydrogens is 268 g/mol. The molecule has 0 saturated carbocycles. The molecule has 0 fully saturated rings. The van der Waals surface area contributed by atoms with Crippen LogP contribution in [0.2, 0.25) is 0 Å². The van der Waals surface area contributed by atoms with Crippen molar-refractivity contribution in [2.24, 2.45) is 0 Å². The van der Waals surface area contributed by atoms with Gasteiger partial charge in [-0.05, 0) is 36.8 Å². The lowest BCUT2D eigenvalue weighted by molar-refractivity contribution is -0.384. The van der Waals surface area contributed by atoms with Crippen molar-refractivity contribution in [1.29, 1.82) is 10.5 Å². The number of nitro groups is 1. The minimum absolute atomic E-state index is 0.0312. The first-order chi connectivity index (χ1) is 10.1. The number of aromatic nitrogens is 1. The fraction of sp³-hybridized carbons (Fsp3) is 0.0667. The third-order valence-corrected chi connectivity index (χ3v) is 2.90. The molecule has 0 N–H and O–H groups in total. The number of rotatable bonds is 3. The van der Waals surface area contributed by atoms with E-state index in [9.17, 15) is 10.1 Å². The zero-order valence-electron chi connectivity index (χ0n) is 11.1. The highest BCUT2D eigenvalue weighted by atomic mass is 16.6. The summed E-state index contributed by atoms with van der Waals surface area (Å²) in [6.45, 7) is 1.77. The molecule has 0 amide bonds. The Balaban J connectivity index is 2.64. The molecule has 2 aromatic rings. The van der Waals surface area contributed by atoms with Crippen LogP contribution in [0.3, 0.4) is 0 Å². The van der Waals surface area contributed by atoms with Gasteiger partial charge in [0.1, 0.15) is 23.4 Å². The van der Waals surface area contributed by atoms with Crippen molar-refractivity contribution >= 4 is 11.8 Å². The summed E-state index contributed by atoms with van der Waals surface area (Å²) in [5.74, 6) is 0. The second-order valence-electron chi connectivity index (χ2n) is 4.33. The van der Waals surface area contributed by atoms with Crippen LogP contribution in [0.25, 0.3) is 11.8 Å². The quantitative estimate of drug-likeness (QED) is 0.489. The maximum atomic E-state index is 11.2. The predicted molar refractivity (Wildman–Crippen MR) is 76.4 cm³/mol. The Morgan fingerprint density at radius 3 is 2.67 bits per heavy atom. The number of benzene rings is 1. The van der Waals surface area contributed by atoms with Gasteiger partial charge >= 0.3 is 0 Å². The highest BCUT2D eigenvalue weighted by Gasteiger charge is 2.16. The minimum Gasteiger partial charge on any atom is -0.311 e. The maximum Gasteiger partial charge on any atom is 0.293 e. The van der Waals surface area contributed by atoms with E-state index in [2.05, 4.69) is 0 Å². The number of nitro benzene ring substituents is 1. The molecule has 2 rings (SSSR count). The molecule has 0 aliphatic carbocycles. The zero-order chi connectivity index (χ0) is 15.4. The van der Waals surface area contributed by atoms with Crippen molar-refractivity contribution in [2.45, 2.75) is 6.92 Å². The topological polar surface area (TPSA) is 95.7 Å². The SMILES string of the molecule is Cc1ccc(-n2cccc2C=C(C#N)C#N)c([N+](=O)[O-])c1. The van der Waals surface area contributed by atoms with Crippen LogP contribution in [0.4, 0.5) is 5.69 Å². The van der Waals surface area contributed by atoms with E-state index in [0.717, 1.165) is 5.56 Å². The van der Waals surface area contributed by atoms with Gasteiger partial charge in [-0.15, -0.1) is 0 Å². The van der Waals surface area contributed by atoms with Gasteiger partial charge in [-0.3, -0.25) is 10.1 Å². The Kier molecular flexibility index (Phi) is 3.83. The first-order valence-corrected chi connectivity index (χ1v) is 6.01. The number of nitriles is 2. The molecule has 0 aliphatic rings. The Morgan fingerprint density at radius 2 is 2.05 bits per heavy atom. The summed E-state index contributed by atoms with van der Waals surface area (Å²) in [5, 5.41) is 28.8. The van der Waals surface area contributed by atoms with Gasteiger partial charge in [0.05, 0.1) is 4.92 Å². The number of hydrogen-bond donors (Lipinski definition) is 0. The van der Waals surface area contributed by atoms with E-state index >= 15 is 0 Å². The first-order valence-electron chi connectivity index (χ1n) is 6.01. The lowest BCUT2D eigenvalue weighted by atomic mass is 10.2. The van der Waals surface area contributed by atoms with Crippen LogP contribution in [-0.2, 0) is 0 Å². The molecule has 1 aromatic heterocycles. The van der Waals surface area contributed by atoms with Crippen molar-refractivity contribution in [1.82, 2.24) is 4.57 Å². The zero-order valence-corrected chi connectivity index (χ0v) is 11.1. The minimum atomic E-state index is -0.453. The molecule has 0 aliphatic heterocycles. The third kappa shape index (κ3) is 2.80. The van der Waals surface area contributed by atoms with Crippen molar-refractivity contribution < 1.29 is 4.92 Å². The second-order valence-corrected chi connectivity index (χ2v) is 4.33. The smallest absolute Gasteiger partial charge is 0.293 e. The van der Waals surface area contributed by atoms with Gasteiger partial charge in [0.15, 0.2) is 0 Å². The van der Waals surface area contributed by atoms with Gasteiger partial charge in [-0.25, -0.2) is 0 Å². The third-order valence-electron chi connectivity index (χ3n) is 2.90. The van der Waals surface area contributed by atoms with Gasteiger partial charge < -0.3 is 4.57 Å². The van der Waals surface area contributed by atoms with Crippen molar-refractivity contribution in [3.63, 3.8) is 0 Å². The van der Waals surface area contributed by atoms with Crippen LogP contribution in [0, 0.1) is 39.7 Å². The standard InChI is InChI=1S/C15H10N4O2/c1-11-4-5-14(15(7-11)19(20)21)18-6-2-3-13(18)8-12(9-16)10-17/h2-8H,1H3. The summed E-state index contributed by atoms with van der Waals surface area (Å²) >= 11 is 0. The van der Waals surface area contributed by atoms with E-state index in [-0.39, 0.29) is 11.3 Å². The lowest BCUT2D eigenvalue weighted by Crippen LogP contribution is -2.01. The fourth-order valence-electron chi connectivity index (χ4n) is 1.95. The van der Waals surface area contributed by atoms with Crippen molar-refractivity contribution in [2.75, 3.05) is 0 Å². The maximum absolute atomic E-state index is 11.2. The van der Waals surface area contributed by atoms with Gasteiger partial charge in [0.25, 0.3) is 5.69 Å². The average Bonchev–Trinajstić information content (AvgIpc) is 2.92. The van der Waals surface area contributed by atoms with Crippen LogP contribution in [0.1, 0.15) is 11.3 Å². The molecule has 6 heteroatoms. The highest BCUT2D eigenvalue weighted by molar-refractivity contribution is 5.64. The molecule has 0 bridgehead atoms. The molecule has 1 aromatic carbocycles. The van der Waals surface area contributed by atoms with Crippen LogP contribution in [-0.4, -0.2) is 9.49 Å². The van der Waals surface area contributed by atoms with Crippen molar-refractivity contribution in [3.8, 4) is 17.8 Å². The number of nitrogens with zero attached hydrogens (tertiary/aromatic N) is 4. The van der Waals surface area contributed by atoms with Crippen molar-refractivity contribution in [3.05, 3.63) is 63.5 Å². The van der Waals surface area contributed by atoms with Gasteiger partial charge in [0, 0.05) is 18.0 Å². The summed E-state index contributed by atoms with van der Waals surface area (Å²) < 4.78 is 1.58. The van der Waals surface area contributed by atoms with E-state index in [0.29, 0.717) is 11.4 Å². The summed E-state index contributed by atoms with van der Waals surface area (Å²) in [4.78, 5) is 10.7. The number of aryl methyl sites for hydroxylation is 1. The Morgan fingerprint density at radius 1 is 1.33 bits per heavy atom. The largest absolute Gasteiger partial charge is 0.311 e. The molecule has 21 heavy (non-hydrogen) atoms. The van der Waals surface area contributed by atoms with E-state index in [1.807, 2.05) is 0 Å². The summed E-state index contributed by atoms with van der Waals surface area (Å²) in [6, 6.07) is 11.8. The van der Waals surface area contributed by atoms with Gasteiger partial charge in [-0.2, -0.15) is 10.5 Å². The first kappa shape index (κ1) is 14.0. The number of hydrogen-bond acceptors (Lipinski definition) is 4. The lowest BCUT2D eigenvalue weighted by Gasteiger charge is -2.08. The fourth-order valence-corrected chi connectivity index (χ4v) is 1.95. The van der Waals surface area contributed by atoms with Crippen LogP contribution in [0.15, 0.2) is 42.1 Å². The molecule has 0 radical (unpaired) electrons. The molecule has 102 valence electrons. The highest BCUT2D eigenvalue weighted by Crippen LogP contribution is 2.26. The average molecular weight is 278 g/mol. The Labute approximate surface area is 120 Å². The van der Waals surface area contributed by atoms with Gasteiger partial charge in [0.2, 0.25) is 0 Å². The molecule has 0 atom stereocenters. The van der Waals surface area contributed by atoms with Gasteiger partial charge in [-0.1, -0.05) is 6.07 Å². The van der Waals surface area contributed by atoms with Crippen LogP contribution < -0.4 is 0 Å². The molecule has 6 nitrogen and oxygen atoms in total. The van der Waals surface area contributed by atoms with Crippen LogP contribution in [0.5, 0.6) is 0 Å². The van der Waals surface area contributed by atoms with E-state index in [1.54, 1.807) is 54.1 Å². The molecule has 0 unspecified atom stereocenters. The summed E-state index contributed by atoms with van der Waals surface area (Å²) in [6.07, 6.45) is 3.04. The summed E-state index contributed by atoms with van der Waals surface area (Å²) in [7, 11) is 0. The molecular formula is C15H10N4O2. The normalized spacial score (nSPS) is 9.48. The van der Waals surface area contributed by atoms with Crippen LogP contribution >= 0.6 is 0 Å². The monoisotopic (exact) mass is 278 g/mol. The molecule has 0 spiro atoms. The second kappa shape index (κ2) is 5.72. The molecule has 0 saturated heterocycles. The Hall–Kier alpha value is -3.38. The summed E-state index contributed by atoms with van der Waals surface area (Å²) in [5.41, 5.74) is 1.60.